The molecule has 2 unspecified atom stereocenters. The highest BCUT2D eigenvalue weighted by atomic mass is 16.3. The van der Waals surface area contributed by atoms with E-state index in [1.807, 2.05) is 60.7 Å². The first-order chi connectivity index (χ1) is 37.2. The van der Waals surface area contributed by atoms with Crippen molar-refractivity contribution in [1.82, 2.24) is 24.9 Å². The lowest BCUT2D eigenvalue weighted by Crippen LogP contribution is -2.27. The van der Waals surface area contributed by atoms with Gasteiger partial charge in [-0.3, -0.25) is 0 Å². The molecule has 0 radical (unpaired) electrons. The number of hydrogen-bond acceptors (Lipinski definition) is 6. The van der Waals surface area contributed by atoms with Crippen LogP contribution in [0.25, 0.3) is 112 Å². The fourth-order valence-electron chi connectivity index (χ4n) is 11.7. The predicted octanol–water partition coefficient (Wildman–Crippen LogP) is 16.9. The smallest absolute Gasteiger partial charge is 0.167 e. The summed E-state index contributed by atoms with van der Waals surface area (Å²) in [6.07, 6.45) is 0. The Bertz CT molecular complexity index is 4300. The maximum Gasteiger partial charge on any atom is 0.167 e. The average molecular weight is 958 g/mol. The molecule has 0 N–H and O–H groups in total. The third-order valence-electron chi connectivity index (χ3n) is 15.2. The highest BCUT2D eigenvalue weighted by Gasteiger charge is 2.41. The second kappa shape index (κ2) is 17.4. The van der Waals surface area contributed by atoms with Crippen molar-refractivity contribution in [3.05, 3.63) is 282 Å². The lowest BCUT2D eigenvalue weighted by Gasteiger charge is -2.42. The minimum Gasteiger partial charge on any atom is -0.455 e. The van der Waals surface area contributed by atoms with Gasteiger partial charge in [-0.15, -0.1) is 0 Å². The number of rotatable bonds is 8. The summed E-state index contributed by atoms with van der Waals surface area (Å²) >= 11 is 0. The molecule has 10 aromatic carbocycles. The van der Waals surface area contributed by atoms with E-state index in [-0.39, 0.29) is 11.8 Å². The molecular formula is C69H43N5O. The molecule has 0 fully saturated rings. The molecule has 6 nitrogen and oxygen atoms in total. The molecule has 350 valence electrons. The van der Waals surface area contributed by atoms with E-state index in [2.05, 4.69) is 188 Å². The number of nitrogens with zero attached hydrogens (tertiary/aromatic N) is 5. The van der Waals surface area contributed by atoms with Gasteiger partial charge in [-0.2, -0.15) is 0 Å². The molecule has 3 aromatic heterocycles. The molecule has 13 aromatic rings. The van der Waals surface area contributed by atoms with Crippen LogP contribution in [0.2, 0.25) is 0 Å². The zero-order valence-electron chi connectivity index (χ0n) is 40.5. The predicted molar refractivity (Wildman–Crippen MR) is 301 cm³/mol. The van der Waals surface area contributed by atoms with Crippen LogP contribution in [-0.4, -0.2) is 24.9 Å². The second-order valence-corrected chi connectivity index (χ2v) is 19.5. The van der Waals surface area contributed by atoms with Crippen LogP contribution in [0.3, 0.4) is 0 Å². The van der Waals surface area contributed by atoms with Gasteiger partial charge in [0.15, 0.2) is 23.3 Å². The van der Waals surface area contributed by atoms with Crippen molar-refractivity contribution in [2.24, 2.45) is 0 Å². The monoisotopic (exact) mass is 957 g/mol. The SMILES string of the molecule is c1ccc(-c2cc(-c3ccc4c(c3)C3c5ccccc5C4c4cc(-c5ccc(-c6nc(-c7ccccc7-c7ccccc7)nc(-c7cccc8c7oc7ccccc78)n6)cc5)ccc43)nc(-c3ccccc3)n2)cc1. The Balaban J connectivity index is 0.811. The molecule has 0 amide bonds. The Morgan fingerprint density at radius 3 is 1.41 bits per heavy atom. The molecule has 0 aliphatic heterocycles. The summed E-state index contributed by atoms with van der Waals surface area (Å²) in [7, 11) is 0. The summed E-state index contributed by atoms with van der Waals surface area (Å²) in [4.78, 5) is 26.0. The molecule has 75 heavy (non-hydrogen) atoms. The summed E-state index contributed by atoms with van der Waals surface area (Å²) < 4.78 is 6.54. The van der Waals surface area contributed by atoms with Crippen LogP contribution < -0.4 is 0 Å². The third kappa shape index (κ3) is 7.21. The van der Waals surface area contributed by atoms with Crippen molar-refractivity contribution in [1.29, 1.82) is 0 Å². The first-order valence-corrected chi connectivity index (χ1v) is 25.5. The maximum absolute atomic E-state index is 6.54. The first-order valence-electron chi connectivity index (χ1n) is 25.5. The van der Waals surface area contributed by atoms with Gasteiger partial charge in [-0.05, 0) is 86.0 Å². The first kappa shape index (κ1) is 42.7. The van der Waals surface area contributed by atoms with E-state index in [1.54, 1.807) is 0 Å². The van der Waals surface area contributed by atoms with Crippen LogP contribution in [0.1, 0.15) is 45.2 Å². The van der Waals surface area contributed by atoms with Crippen LogP contribution in [0.5, 0.6) is 0 Å². The Morgan fingerprint density at radius 2 is 0.707 bits per heavy atom. The molecule has 3 heterocycles. The van der Waals surface area contributed by atoms with Gasteiger partial charge in [0.1, 0.15) is 11.2 Å². The van der Waals surface area contributed by atoms with E-state index in [4.69, 9.17) is 29.3 Å². The minimum absolute atomic E-state index is 0.0845. The molecule has 16 rings (SSSR count). The van der Waals surface area contributed by atoms with E-state index in [9.17, 15) is 0 Å². The van der Waals surface area contributed by atoms with E-state index >= 15 is 0 Å². The number of para-hydroxylation sites is 2. The molecule has 6 heteroatoms. The fourth-order valence-corrected chi connectivity index (χ4v) is 11.7. The topological polar surface area (TPSA) is 77.6 Å². The van der Waals surface area contributed by atoms with Gasteiger partial charge >= 0.3 is 0 Å². The zero-order chi connectivity index (χ0) is 49.4. The molecule has 0 saturated heterocycles. The van der Waals surface area contributed by atoms with Gasteiger partial charge in [0.05, 0.1) is 17.0 Å². The third-order valence-corrected chi connectivity index (χ3v) is 15.2. The standard InChI is InChI=1S/C69H43N5O/c1-4-17-43(18-5-1)49-23-10-13-27-56(49)68-72-67(73-69(74-68)57-29-16-28-55-50-24-14-15-30-62(50)75-65(55)57)46-33-31-42(32-34-46)47-35-37-53-58(39-47)63-51-25-11-12-26-52(51)64(53)59-40-48(36-38-54(59)63)61-41-60(44-19-6-2-7-20-44)70-66(71-61)45-21-8-3-9-22-45/h1-41,63-64H. The molecule has 0 saturated carbocycles. The Morgan fingerprint density at radius 1 is 0.253 bits per heavy atom. The molecule has 2 atom stereocenters. The van der Waals surface area contributed by atoms with Gasteiger partial charge in [0.25, 0.3) is 0 Å². The van der Waals surface area contributed by atoms with Crippen molar-refractivity contribution < 1.29 is 4.42 Å². The molecular weight excluding hydrogens is 915 g/mol. The fraction of sp³-hybridized carbons (Fsp3) is 0.0290. The molecule has 3 aliphatic rings. The number of hydrogen-bond donors (Lipinski definition) is 0. The quantitative estimate of drug-likeness (QED) is 0.151. The van der Waals surface area contributed by atoms with Crippen molar-refractivity contribution in [2.75, 3.05) is 0 Å². The highest BCUT2D eigenvalue weighted by molar-refractivity contribution is 6.09. The number of furan rings is 1. The number of benzene rings is 10. The maximum atomic E-state index is 6.54. The van der Waals surface area contributed by atoms with Crippen molar-refractivity contribution in [3.63, 3.8) is 0 Å². The summed E-state index contributed by atoms with van der Waals surface area (Å²) in [5, 5.41) is 2.08. The Hall–Kier alpha value is -9.91. The zero-order valence-corrected chi connectivity index (χ0v) is 40.5. The van der Waals surface area contributed by atoms with Crippen LogP contribution in [0, 0.1) is 0 Å². The van der Waals surface area contributed by atoms with Crippen LogP contribution in [0.4, 0.5) is 0 Å². The highest BCUT2D eigenvalue weighted by Crippen LogP contribution is 2.57. The van der Waals surface area contributed by atoms with Crippen molar-refractivity contribution >= 4 is 21.9 Å². The number of fused-ring (bicyclic) bond motifs is 3. The molecule has 3 aliphatic carbocycles. The van der Waals surface area contributed by atoms with E-state index in [0.29, 0.717) is 23.3 Å². The number of aromatic nitrogens is 5. The summed E-state index contributed by atoms with van der Waals surface area (Å²) in [6.45, 7) is 0. The molecule has 0 spiro atoms. The van der Waals surface area contributed by atoms with Gasteiger partial charge in [0, 0.05) is 50.4 Å². The minimum atomic E-state index is 0.0845. The van der Waals surface area contributed by atoms with E-state index in [0.717, 1.165) is 89.0 Å². The summed E-state index contributed by atoms with van der Waals surface area (Å²) in [6, 6.07) is 87.6. The van der Waals surface area contributed by atoms with Crippen LogP contribution in [0.15, 0.2) is 253 Å². The average Bonchev–Trinajstić information content (AvgIpc) is 3.97. The van der Waals surface area contributed by atoms with E-state index < -0.39 is 0 Å². The lowest BCUT2D eigenvalue weighted by molar-refractivity contribution is 0.669. The molecule has 2 bridgehead atoms. The van der Waals surface area contributed by atoms with E-state index in [1.165, 1.54) is 33.4 Å². The van der Waals surface area contributed by atoms with Gasteiger partial charge in [-0.1, -0.05) is 218 Å². The largest absolute Gasteiger partial charge is 0.455 e. The van der Waals surface area contributed by atoms with Crippen molar-refractivity contribution in [3.8, 4) is 90.3 Å². The second-order valence-electron chi connectivity index (χ2n) is 19.5. The van der Waals surface area contributed by atoms with Gasteiger partial charge in [0.2, 0.25) is 0 Å². The Kier molecular flexibility index (Phi) is 9.91. The normalized spacial score (nSPS) is 14.1. The van der Waals surface area contributed by atoms with Gasteiger partial charge < -0.3 is 4.42 Å². The van der Waals surface area contributed by atoms with Crippen LogP contribution in [-0.2, 0) is 0 Å². The summed E-state index contributed by atoms with van der Waals surface area (Å²) in [5.74, 6) is 2.62. The Labute approximate surface area is 433 Å². The lowest BCUT2D eigenvalue weighted by atomic mass is 9.60. The van der Waals surface area contributed by atoms with Crippen LogP contribution >= 0.6 is 0 Å². The summed E-state index contributed by atoms with van der Waals surface area (Å²) in [5.41, 5.74) is 21.7. The van der Waals surface area contributed by atoms with Gasteiger partial charge in [-0.25, -0.2) is 24.9 Å². The van der Waals surface area contributed by atoms with Crippen molar-refractivity contribution in [2.45, 2.75) is 11.8 Å².